The van der Waals surface area contributed by atoms with Gasteiger partial charge in [0, 0.05) is 142 Å². The van der Waals surface area contributed by atoms with Crippen molar-refractivity contribution in [3.05, 3.63) is 177 Å². The molecule has 14 rings (SSSR count). The van der Waals surface area contributed by atoms with E-state index < -0.39 is 104 Å². The van der Waals surface area contributed by atoms with Gasteiger partial charge in [0.15, 0.2) is 5.43 Å². The highest BCUT2D eigenvalue weighted by atomic mass is 32.2. The molecule has 8 aliphatic heterocycles. The average Bonchev–Trinajstić information content (AvgIpc) is 1.64. The lowest BCUT2D eigenvalue weighted by Crippen LogP contribution is -2.50. The number of ether oxygens (including phenoxy) is 8. The smallest absolute Gasteiger partial charge is 0.315 e. The second-order valence-corrected chi connectivity index (χ2v) is 41.9. The van der Waals surface area contributed by atoms with Crippen LogP contribution in [0.3, 0.4) is 0 Å². The van der Waals surface area contributed by atoms with E-state index in [4.69, 9.17) is 37.9 Å². The summed E-state index contributed by atoms with van der Waals surface area (Å²) < 4.78 is 45.4. The topological polar surface area (TPSA) is 562 Å². The molecule has 8 aliphatic rings. The van der Waals surface area contributed by atoms with Gasteiger partial charge in [0.1, 0.15) is 54.2 Å². The summed E-state index contributed by atoms with van der Waals surface area (Å²) in [5, 5.41) is 51.5. The number of H-pyrrole nitrogens is 1. The summed E-state index contributed by atoms with van der Waals surface area (Å²) in [6.07, 6.45) is 10.5. The number of rotatable bonds is 64. The van der Waals surface area contributed by atoms with Crippen molar-refractivity contribution in [3.8, 4) is 17.2 Å². The summed E-state index contributed by atoms with van der Waals surface area (Å²) in [4.78, 5) is 206. The number of fused-ring (bicyclic) bond motifs is 2. The Kier molecular flexibility index (Phi) is 44.3. The Balaban J connectivity index is 0.000000250. The van der Waals surface area contributed by atoms with Gasteiger partial charge in [-0.15, -0.1) is 0 Å². The first-order valence-electron chi connectivity index (χ1n) is 50.5. The quantitative estimate of drug-likeness (QED) is 0.0128. The molecule has 2 aromatic heterocycles. The predicted octanol–water partition coefficient (Wildman–Crippen LogP) is 7.69. The number of pyridine rings is 2. The minimum absolute atomic E-state index is 0.0256. The number of anilines is 2. The summed E-state index contributed by atoms with van der Waals surface area (Å²) in [6, 6.07) is 31.1. The Morgan fingerprint density at radius 2 is 0.853 bits per heavy atom. The van der Waals surface area contributed by atoms with E-state index in [1.54, 1.807) is 115 Å². The summed E-state index contributed by atoms with van der Waals surface area (Å²) >= 11 is 5.20. The molecule has 150 heavy (non-hydrogen) atoms. The van der Waals surface area contributed by atoms with Crippen LogP contribution in [0.4, 0.5) is 30.8 Å². The zero-order chi connectivity index (χ0) is 106. The number of hydrogen-bond donors (Lipinski definition) is 12. The highest BCUT2D eigenvalue weighted by molar-refractivity contribution is 8.15. The number of carbonyl (C=O) groups is 14. The van der Waals surface area contributed by atoms with Gasteiger partial charge in [0.2, 0.25) is 46.8 Å². The van der Waals surface area contributed by atoms with E-state index in [0.717, 1.165) is 95.8 Å². The SMILES string of the molecule is CN(CCOc1ccc(CC2SC(=O)N(C(=O)C[C@@H](NC(=O)c3ccc(C4(C)N=N4)cc3)C(=O)NCCCOCCOCCOCCCNC(=O)CCCC[C@@H]3SC[C@@H]4NC(=O)N[C@@H]43)C2=O)cc1)c1cc(=O)cc[nH]1.CN(CCOc1ccc(CC2SC(=O)N(C(=O)C[C@@H](NC(=O)c3ccc(C4(C)N=N4)cc3)C(=O)NCCCOCCOCCOCCCNC(=O)CCCC[C@@H]3SC[C@@H]4NC(=O)N[C@@H]43)C2=O)cc1)c1ccc(O)cn1. The second-order valence-electron chi connectivity index (χ2n) is 37.1. The Morgan fingerprint density at radius 3 is 1.24 bits per heavy atom. The number of hydrogen-bond acceptors (Lipinski definition) is 35. The molecule has 0 radical (unpaired) electrons. The lowest BCUT2D eigenvalue weighted by molar-refractivity contribution is -0.142. The fraction of sp³-hybridized carbons (Fsp3) is 0.529. The molecule has 10 atom stereocenters. The van der Waals surface area contributed by atoms with Crippen LogP contribution in [-0.4, -0.2) is 321 Å². The van der Waals surface area contributed by atoms with Crippen LogP contribution < -0.4 is 77.9 Å². The van der Waals surface area contributed by atoms with Crippen molar-refractivity contribution in [2.75, 3.05) is 167 Å². The van der Waals surface area contributed by atoms with E-state index in [-0.39, 0.29) is 109 Å². The molecule has 48 heteroatoms. The number of benzene rings is 4. The molecule has 0 spiro atoms. The molecule has 6 saturated heterocycles. The van der Waals surface area contributed by atoms with Gasteiger partial charge in [0.25, 0.3) is 34.1 Å². The standard InChI is InChI=1S/2C51H66N10O12S2/c1-51(58-59-51)35-13-11-34(12-14-35)46(65)55-38(30-44(64)61-48(67)41(75-50(61)69)29-33-9-16-37(17-10-33)73-24-21-60(2)42-18-15-36(62)31-54-42)47(66)53-20-6-23-71-26-28-72-27-25-70-22-5-19-52-43(63)8-4-3-7-40-45-39(32-74-40)56-49(68)57-45;1-51(58-59-51)35-13-11-34(12-14-35)46(65)55-38(31-44(64)61-48(67)41(75-50(61)69)29-33-9-15-37(16-10-33)73-24-21-60(2)42-30-36(62)17-20-52-42)47(66)54-19-6-23-71-26-28-72-27-25-70-22-5-18-53-43(63)8-4-3-7-40-45-39(32-74-40)56-49(68)57-45/h9-18,31,38-41,45,62H,3-8,19-30,32H2,1-2H3,(H,52,63)(H,53,66)(H,55,65)(H2,56,57,68);9-17,20,30,38-41,45H,3-8,18-19,21-29,31-32H2,1-2H3,(H,52,62)(H,53,63)(H,54,66)(H,55,65)(H2,56,57,68)/t2*38-,39+,40+,41?,45+/m11/s1. The monoisotopic (exact) mass is 2150 g/mol. The van der Waals surface area contributed by atoms with Crippen LogP contribution in [0.1, 0.15) is 147 Å². The molecule has 4 aromatic carbocycles. The van der Waals surface area contributed by atoms with E-state index in [9.17, 15) is 77.0 Å². The van der Waals surface area contributed by atoms with Gasteiger partial charge in [-0.1, -0.05) is 84.9 Å². The number of aromatic nitrogens is 2. The Morgan fingerprint density at radius 1 is 0.460 bits per heavy atom. The number of carbonyl (C=O) groups excluding carboxylic acids is 14. The van der Waals surface area contributed by atoms with E-state index in [1.807, 2.05) is 61.3 Å². The third kappa shape index (κ3) is 35.8. The first-order valence-corrected chi connectivity index (χ1v) is 54.4. The van der Waals surface area contributed by atoms with E-state index >= 15 is 0 Å². The highest BCUT2D eigenvalue weighted by Crippen LogP contribution is 2.41. The summed E-state index contributed by atoms with van der Waals surface area (Å²) in [7, 11) is 3.69. The molecule has 6 aromatic rings. The van der Waals surface area contributed by atoms with E-state index in [2.05, 4.69) is 83.6 Å². The Bertz CT molecular complexity index is 5700. The lowest BCUT2D eigenvalue weighted by Gasteiger charge is -2.20. The number of urea groups is 2. The molecular weight excluding hydrogens is 2020 g/mol. The van der Waals surface area contributed by atoms with Crippen LogP contribution in [0.25, 0.3) is 0 Å². The zero-order valence-corrected chi connectivity index (χ0v) is 87.6. The number of unbranched alkanes of at least 4 members (excludes halogenated alkanes) is 2. The molecule has 808 valence electrons. The van der Waals surface area contributed by atoms with Crippen LogP contribution in [0.15, 0.2) is 159 Å². The van der Waals surface area contributed by atoms with Crippen molar-refractivity contribution in [2.24, 2.45) is 20.5 Å². The Labute approximate surface area is 885 Å². The fourth-order valence-electron chi connectivity index (χ4n) is 16.9. The van der Waals surface area contributed by atoms with Crippen LogP contribution in [0.2, 0.25) is 0 Å². The number of thioether (sulfide) groups is 4. The number of imide groups is 6. The average molecular weight is 2150 g/mol. The minimum Gasteiger partial charge on any atom is -0.506 e. The van der Waals surface area contributed by atoms with Crippen LogP contribution >= 0.6 is 47.0 Å². The van der Waals surface area contributed by atoms with Gasteiger partial charge >= 0.3 is 12.1 Å². The third-order valence-corrected chi connectivity index (χ3v) is 30.7. The summed E-state index contributed by atoms with van der Waals surface area (Å²) in [5.74, 6) is -1.44. The second kappa shape index (κ2) is 58.1. The Hall–Kier alpha value is -12.7. The highest BCUT2D eigenvalue weighted by Gasteiger charge is 2.49. The summed E-state index contributed by atoms with van der Waals surface area (Å²) in [5.41, 5.74) is 2.02. The number of amides is 16. The van der Waals surface area contributed by atoms with Crippen molar-refractivity contribution in [1.82, 2.24) is 72.9 Å². The number of aromatic amines is 1. The molecule has 10 heterocycles. The molecule has 0 saturated carbocycles. The number of nitrogens with one attached hydrogen (secondary N) is 11. The largest absolute Gasteiger partial charge is 0.506 e. The van der Waals surface area contributed by atoms with Crippen LogP contribution in [0, 0.1) is 0 Å². The van der Waals surface area contributed by atoms with Gasteiger partial charge in [-0.25, -0.2) is 24.4 Å². The maximum absolute atomic E-state index is 13.7. The predicted molar refractivity (Wildman–Crippen MR) is 560 cm³/mol. The maximum Gasteiger partial charge on any atom is 0.315 e. The normalized spacial score (nSPS) is 19.5. The van der Waals surface area contributed by atoms with Gasteiger partial charge in [-0.05, 0) is 150 Å². The molecule has 44 nitrogen and oxygen atoms in total. The molecule has 6 fully saturated rings. The van der Waals surface area contributed by atoms with Crippen molar-refractivity contribution in [1.29, 1.82) is 0 Å². The van der Waals surface area contributed by atoms with Crippen LogP contribution in [-0.2, 0) is 90.9 Å². The van der Waals surface area contributed by atoms with Gasteiger partial charge in [-0.3, -0.25) is 62.3 Å². The lowest BCUT2D eigenvalue weighted by atomic mass is 10.0. The zero-order valence-electron chi connectivity index (χ0n) is 84.3. The molecule has 0 aliphatic carbocycles. The first kappa shape index (κ1) is 114. The van der Waals surface area contributed by atoms with Crippen molar-refractivity contribution in [3.63, 3.8) is 0 Å². The number of likely N-dealkylation sites (N-methyl/N-ethyl adjacent to an activating group) is 2. The number of aromatic hydroxyl groups is 1. The molecular formula is C102H132N20O24S4. The van der Waals surface area contributed by atoms with Crippen molar-refractivity contribution < 1.29 is 110 Å². The van der Waals surface area contributed by atoms with Crippen LogP contribution in [0.5, 0.6) is 17.2 Å². The van der Waals surface area contributed by atoms with E-state index in [1.165, 1.54) is 18.3 Å². The van der Waals surface area contributed by atoms with Crippen molar-refractivity contribution >= 4 is 140 Å². The first-order chi connectivity index (χ1) is 72.5. The minimum atomic E-state index is -1.43. The molecule has 16 amide bonds. The molecule has 0 bridgehead atoms. The summed E-state index contributed by atoms with van der Waals surface area (Å²) in [6.45, 7) is 11.0. The fourth-order valence-corrected chi connectivity index (χ4v) is 22.0. The van der Waals surface area contributed by atoms with E-state index in [0.29, 0.717) is 187 Å². The third-order valence-electron chi connectivity index (χ3n) is 25.7. The molecule has 2 unspecified atom stereocenters. The molecule has 12 N–H and O–H groups in total. The van der Waals surface area contributed by atoms with Crippen molar-refractivity contribution in [2.45, 2.75) is 185 Å². The van der Waals surface area contributed by atoms with Gasteiger partial charge < -0.3 is 111 Å². The maximum atomic E-state index is 13.7. The number of nitrogens with zero attached hydrogens (tertiary/aromatic N) is 9. The van der Waals surface area contributed by atoms with Gasteiger partial charge in [-0.2, -0.15) is 44.0 Å². The van der Waals surface area contributed by atoms with Gasteiger partial charge in [0.05, 0.1) is 120 Å².